The molecule has 0 spiro atoms. The van der Waals surface area contributed by atoms with Crippen LogP contribution in [0.5, 0.6) is 0 Å². The van der Waals surface area contributed by atoms with Crippen molar-refractivity contribution in [3.05, 3.63) is 76.4 Å². The summed E-state index contributed by atoms with van der Waals surface area (Å²) in [6.45, 7) is 13.3. The third-order valence-electron chi connectivity index (χ3n) is 7.18. The normalized spacial score (nSPS) is 19.0. The summed E-state index contributed by atoms with van der Waals surface area (Å²) in [7, 11) is 1.30. The summed E-state index contributed by atoms with van der Waals surface area (Å²) in [5, 5.41) is 13.9. The van der Waals surface area contributed by atoms with Crippen molar-refractivity contribution in [2.45, 2.75) is 73.0 Å². The Labute approximate surface area is 242 Å². The minimum atomic E-state index is -1.55. The number of amides is 1. The van der Waals surface area contributed by atoms with E-state index >= 15 is 0 Å². The molecule has 1 aliphatic rings. The van der Waals surface area contributed by atoms with Crippen LogP contribution >= 0.6 is 0 Å². The van der Waals surface area contributed by atoms with Gasteiger partial charge in [0, 0.05) is 12.3 Å². The fourth-order valence-electron chi connectivity index (χ4n) is 5.31. The summed E-state index contributed by atoms with van der Waals surface area (Å²) < 4.78 is 10.5. The van der Waals surface area contributed by atoms with Crippen LogP contribution < -0.4 is 5.32 Å². The molecule has 2 aromatic carbocycles. The maximum absolute atomic E-state index is 13.6. The standard InChI is InChI=1S/C33H42N2O6/c1-20(2)17-27-26(19-34-31(39)41-32(5,6)7)28(23-15-13-21(3)14-16-23)33(30(37)38,22(4)35-27)18-24-11-9-10-12-25(24)29(36)40-8/h9-16,20,22H,17-19H2,1-8H3,(H,34,39)(H,37,38). The van der Waals surface area contributed by atoms with Crippen LogP contribution in [-0.2, 0) is 20.7 Å². The molecular formula is C33H42N2O6. The third kappa shape index (κ3) is 7.23. The number of carbonyl (C=O) groups excluding carboxylic acids is 2. The molecule has 2 unspecified atom stereocenters. The zero-order valence-electron chi connectivity index (χ0n) is 25.3. The Balaban J connectivity index is 2.32. The van der Waals surface area contributed by atoms with Crippen LogP contribution in [0.3, 0.4) is 0 Å². The van der Waals surface area contributed by atoms with Crippen LogP contribution in [0.4, 0.5) is 4.79 Å². The molecule has 1 heterocycles. The zero-order chi connectivity index (χ0) is 30.5. The number of dihydropyridines is 1. The average Bonchev–Trinajstić information content (AvgIpc) is 2.88. The summed E-state index contributed by atoms with van der Waals surface area (Å²) in [4.78, 5) is 44.0. The molecular weight excluding hydrogens is 520 g/mol. The number of rotatable bonds is 9. The topological polar surface area (TPSA) is 114 Å². The molecule has 3 rings (SSSR count). The van der Waals surface area contributed by atoms with Gasteiger partial charge in [-0.15, -0.1) is 0 Å². The van der Waals surface area contributed by atoms with E-state index < -0.39 is 35.1 Å². The van der Waals surface area contributed by atoms with E-state index in [0.717, 1.165) is 16.8 Å². The van der Waals surface area contributed by atoms with E-state index in [2.05, 4.69) is 19.2 Å². The van der Waals surface area contributed by atoms with Gasteiger partial charge in [0.15, 0.2) is 0 Å². The fourth-order valence-corrected chi connectivity index (χ4v) is 5.31. The van der Waals surface area contributed by atoms with Gasteiger partial charge in [0.1, 0.15) is 11.0 Å². The number of aliphatic imine (C=N–C) groups is 1. The molecule has 0 saturated carbocycles. The Morgan fingerprint density at radius 3 is 2.27 bits per heavy atom. The average molecular weight is 563 g/mol. The molecule has 8 nitrogen and oxygen atoms in total. The van der Waals surface area contributed by atoms with Crippen molar-refractivity contribution in [2.24, 2.45) is 16.3 Å². The number of hydrogen-bond acceptors (Lipinski definition) is 6. The van der Waals surface area contributed by atoms with E-state index in [1.54, 1.807) is 45.0 Å². The van der Waals surface area contributed by atoms with E-state index in [4.69, 9.17) is 14.5 Å². The highest BCUT2D eigenvalue weighted by Gasteiger charge is 2.52. The number of esters is 1. The Bertz CT molecular complexity index is 1350. The summed E-state index contributed by atoms with van der Waals surface area (Å²) in [5.74, 6) is -1.38. The second kappa shape index (κ2) is 12.7. The molecule has 41 heavy (non-hydrogen) atoms. The molecule has 0 saturated heterocycles. The number of benzene rings is 2. The number of aliphatic carboxylic acids is 1. The van der Waals surface area contributed by atoms with E-state index in [-0.39, 0.29) is 18.9 Å². The minimum absolute atomic E-state index is 0.00756. The first kappa shape index (κ1) is 31.6. The summed E-state index contributed by atoms with van der Waals surface area (Å²) in [5.41, 5.74) is 2.30. The minimum Gasteiger partial charge on any atom is -0.481 e. The first-order chi connectivity index (χ1) is 19.2. The second-order valence-corrected chi connectivity index (χ2v) is 12.0. The zero-order valence-corrected chi connectivity index (χ0v) is 25.3. The van der Waals surface area contributed by atoms with Gasteiger partial charge >= 0.3 is 18.0 Å². The number of carbonyl (C=O) groups is 3. The van der Waals surface area contributed by atoms with Gasteiger partial charge < -0.3 is 19.9 Å². The van der Waals surface area contributed by atoms with E-state index in [0.29, 0.717) is 28.7 Å². The van der Waals surface area contributed by atoms with Crippen LogP contribution in [0.15, 0.2) is 59.1 Å². The second-order valence-electron chi connectivity index (χ2n) is 12.0. The van der Waals surface area contributed by atoms with Crippen molar-refractivity contribution in [1.29, 1.82) is 0 Å². The molecule has 0 fully saturated rings. The highest BCUT2D eigenvalue weighted by atomic mass is 16.6. The predicted molar refractivity (Wildman–Crippen MR) is 160 cm³/mol. The lowest BCUT2D eigenvalue weighted by atomic mass is 9.64. The molecule has 2 N–H and O–H groups in total. The van der Waals surface area contributed by atoms with Gasteiger partial charge in [0.05, 0.1) is 18.7 Å². The number of methoxy groups -OCH3 is 1. The lowest BCUT2D eigenvalue weighted by Crippen LogP contribution is -2.48. The third-order valence-corrected chi connectivity index (χ3v) is 7.18. The van der Waals surface area contributed by atoms with E-state index in [9.17, 15) is 19.5 Å². The number of nitrogens with one attached hydrogen (secondary N) is 1. The highest BCUT2D eigenvalue weighted by Crippen LogP contribution is 2.48. The van der Waals surface area contributed by atoms with Gasteiger partial charge in [-0.1, -0.05) is 61.9 Å². The quantitative estimate of drug-likeness (QED) is 0.349. The van der Waals surface area contributed by atoms with Gasteiger partial charge in [-0.25, -0.2) is 9.59 Å². The Morgan fingerprint density at radius 2 is 1.71 bits per heavy atom. The molecule has 2 atom stereocenters. The van der Waals surface area contributed by atoms with Gasteiger partial charge in [0.25, 0.3) is 0 Å². The summed E-state index contributed by atoms with van der Waals surface area (Å²) >= 11 is 0. The molecule has 0 radical (unpaired) electrons. The maximum atomic E-state index is 13.6. The fraction of sp³-hybridized carbons (Fsp3) is 0.455. The van der Waals surface area contributed by atoms with Crippen molar-refractivity contribution in [1.82, 2.24) is 5.32 Å². The lowest BCUT2D eigenvalue weighted by molar-refractivity contribution is -0.146. The van der Waals surface area contributed by atoms with Crippen molar-refractivity contribution in [2.75, 3.05) is 13.7 Å². The number of aryl methyl sites for hydroxylation is 1. The number of carboxylic acid groups (broad SMARTS) is 1. The van der Waals surface area contributed by atoms with Crippen LogP contribution in [0.25, 0.3) is 5.57 Å². The molecule has 0 aromatic heterocycles. The molecule has 1 aliphatic heterocycles. The molecule has 2 aromatic rings. The van der Waals surface area contributed by atoms with Crippen molar-refractivity contribution < 1.29 is 29.0 Å². The van der Waals surface area contributed by atoms with E-state index in [1.807, 2.05) is 38.1 Å². The van der Waals surface area contributed by atoms with Gasteiger partial charge in [-0.3, -0.25) is 9.79 Å². The number of alkyl carbamates (subject to hydrolysis) is 1. The molecule has 1 amide bonds. The van der Waals surface area contributed by atoms with Crippen molar-refractivity contribution >= 4 is 29.3 Å². The first-order valence-corrected chi connectivity index (χ1v) is 13.9. The first-order valence-electron chi connectivity index (χ1n) is 13.9. The Morgan fingerprint density at radius 1 is 1.07 bits per heavy atom. The van der Waals surface area contributed by atoms with Gasteiger partial charge in [-0.2, -0.15) is 0 Å². The Kier molecular flexibility index (Phi) is 9.79. The van der Waals surface area contributed by atoms with Crippen molar-refractivity contribution in [3.8, 4) is 0 Å². The van der Waals surface area contributed by atoms with Gasteiger partial charge in [-0.05, 0) is 81.7 Å². The smallest absolute Gasteiger partial charge is 0.407 e. The molecule has 0 bridgehead atoms. The van der Waals surface area contributed by atoms with Crippen molar-refractivity contribution in [3.63, 3.8) is 0 Å². The highest BCUT2D eigenvalue weighted by molar-refractivity contribution is 6.13. The monoisotopic (exact) mass is 562 g/mol. The molecule has 8 heteroatoms. The lowest BCUT2D eigenvalue weighted by Gasteiger charge is -2.42. The largest absolute Gasteiger partial charge is 0.481 e. The summed E-state index contributed by atoms with van der Waals surface area (Å²) in [6, 6.07) is 13.9. The van der Waals surface area contributed by atoms with Crippen LogP contribution in [0.1, 0.15) is 75.0 Å². The number of carboxylic acids is 1. The van der Waals surface area contributed by atoms with Crippen LogP contribution in [-0.4, -0.2) is 54.1 Å². The van der Waals surface area contributed by atoms with Crippen LogP contribution in [0, 0.1) is 18.3 Å². The number of hydrogen-bond donors (Lipinski definition) is 2. The number of nitrogens with zero attached hydrogens (tertiary/aromatic N) is 1. The molecule has 0 aliphatic carbocycles. The predicted octanol–water partition coefficient (Wildman–Crippen LogP) is 6.26. The Hall–Kier alpha value is -3.94. The van der Waals surface area contributed by atoms with Crippen LogP contribution in [0.2, 0.25) is 0 Å². The maximum Gasteiger partial charge on any atom is 0.407 e. The van der Waals surface area contributed by atoms with E-state index in [1.165, 1.54) is 7.11 Å². The number of ether oxygens (including phenoxy) is 2. The SMILES string of the molecule is COC(=O)c1ccccc1CC1(C(=O)O)C(c2ccc(C)cc2)=C(CNC(=O)OC(C)(C)C)C(CC(C)C)=NC1C. The molecule has 220 valence electrons. The van der Waals surface area contributed by atoms with Gasteiger partial charge in [0.2, 0.25) is 0 Å². The summed E-state index contributed by atoms with van der Waals surface area (Å²) in [6.07, 6.45) is -0.0148.